The Hall–Kier alpha value is -1.09. The van der Waals surface area contributed by atoms with Crippen LogP contribution in [0.3, 0.4) is 0 Å². The largest absolute Gasteiger partial charge is 0.496 e. The first-order valence-electron chi connectivity index (χ1n) is 4.43. The van der Waals surface area contributed by atoms with Crippen molar-refractivity contribution in [1.82, 2.24) is 0 Å². The molecule has 1 unspecified atom stereocenters. The van der Waals surface area contributed by atoms with E-state index in [1.165, 1.54) is 0 Å². The standard InChI is InChI=1S/C8H6F4O5PS/c9-5-1-2-7(6(3-5)8(10,11)12)19(14,15)17-4-16-18-13/h1-3,18H,4H2/q+1. The minimum atomic E-state index is -5.07. The molecule has 0 spiro atoms. The SMILES string of the molecule is O=[PH+]OCOS(=O)(=O)c1ccc(F)cc1C(F)(F)F. The zero-order valence-electron chi connectivity index (χ0n) is 8.90. The smallest absolute Gasteiger partial charge is 0.232 e. The summed E-state index contributed by atoms with van der Waals surface area (Å²) in [5.74, 6) is -1.25. The Morgan fingerprint density at radius 2 is 1.89 bits per heavy atom. The Balaban J connectivity index is 3.23. The molecule has 0 saturated carbocycles. The van der Waals surface area contributed by atoms with Crippen LogP contribution in [-0.2, 0) is 29.6 Å². The van der Waals surface area contributed by atoms with Crippen molar-refractivity contribution in [3.05, 3.63) is 29.6 Å². The highest BCUT2D eigenvalue weighted by molar-refractivity contribution is 7.86. The van der Waals surface area contributed by atoms with E-state index in [2.05, 4.69) is 8.71 Å². The number of hydrogen-bond acceptors (Lipinski definition) is 5. The maximum Gasteiger partial charge on any atom is 0.496 e. The molecule has 1 aromatic carbocycles. The zero-order valence-corrected chi connectivity index (χ0v) is 10.7. The molecule has 0 aliphatic rings. The molecule has 1 rings (SSSR count). The summed E-state index contributed by atoms with van der Waals surface area (Å²) in [6.07, 6.45) is -5.07. The van der Waals surface area contributed by atoms with E-state index in [0.717, 1.165) is 0 Å². The lowest BCUT2D eigenvalue weighted by atomic mass is 10.2. The first-order valence-corrected chi connectivity index (χ1v) is 6.66. The number of halogens is 4. The van der Waals surface area contributed by atoms with E-state index in [4.69, 9.17) is 0 Å². The fourth-order valence-corrected chi connectivity index (χ4v) is 2.29. The maximum absolute atomic E-state index is 12.8. The first kappa shape index (κ1) is 16.0. The van der Waals surface area contributed by atoms with Crippen LogP contribution in [0.1, 0.15) is 5.56 Å². The van der Waals surface area contributed by atoms with Crippen LogP contribution in [0.4, 0.5) is 17.6 Å². The molecule has 0 aliphatic carbocycles. The second-order valence-electron chi connectivity index (χ2n) is 3.06. The lowest BCUT2D eigenvalue weighted by Gasteiger charge is -2.12. The maximum atomic E-state index is 12.8. The molecule has 11 heteroatoms. The predicted molar refractivity (Wildman–Crippen MR) is 54.6 cm³/mol. The lowest BCUT2D eigenvalue weighted by Crippen LogP contribution is -2.16. The fourth-order valence-electron chi connectivity index (χ4n) is 1.12. The average molecular weight is 321 g/mol. The minimum Gasteiger partial charge on any atom is -0.232 e. The summed E-state index contributed by atoms with van der Waals surface area (Å²) >= 11 is 0. The van der Waals surface area contributed by atoms with Crippen LogP contribution in [0.15, 0.2) is 23.1 Å². The van der Waals surface area contributed by atoms with E-state index in [1.807, 2.05) is 0 Å². The van der Waals surface area contributed by atoms with Gasteiger partial charge in [-0.2, -0.15) is 21.6 Å². The van der Waals surface area contributed by atoms with E-state index < -0.39 is 48.1 Å². The quantitative estimate of drug-likeness (QED) is 0.274. The van der Waals surface area contributed by atoms with Crippen LogP contribution in [0.5, 0.6) is 0 Å². The number of rotatable bonds is 5. The van der Waals surface area contributed by atoms with Crippen molar-refractivity contribution in [2.45, 2.75) is 11.1 Å². The van der Waals surface area contributed by atoms with Crippen molar-refractivity contribution in [2.24, 2.45) is 0 Å². The summed E-state index contributed by atoms with van der Waals surface area (Å²) < 4.78 is 91.5. The van der Waals surface area contributed by atoms with Gasteiger partial charge < -0.3 is 0 Å². The van der Waals surface area contributed by atoms with Gasteiger partial charge in [0.05, 0.1) is 5.56 Å². The van der Waals surface area contributed by atoms with Gasteiger partial charge in [0.1, 0.15) is 10.7 Å². The Labute approximate surface area is 106 Å². The first-order chi connectivity index (χ1) is 8.68. The van der Waals surface area contributed by atoms with Gasteiger partial charge in [-0.1, -0.05) is 0 Å². The molecular formula is C8H6F4O5PS+. The van der Waals surface area contributed by atoms with Gasteiger partial charge in [0.25, 0.3) is 10.1 Å². The second kappa shape index (κ2) is 5.91. The second-order valence-corrected chi connectivity index (χ2v) is 5.09. The van der Waals surface area contributed by atoms with E-state index in [-0.39, 0.29) is 6.07 Å². The molecule has 0 amide bonds. The summed E-state index contributed by atoms with van der Waals surface area (Å²) in [6.45, 7) is -1.01. The van der Waals surface area contributed by atoms with Crippen LogP contribution in [0.25, 0.3) is 0 Å². The Morgan fingerprint density at radius 1 is 1.26 bits per heavy atom. The van der Waals surface area contributed by atoms with Gasteiger partial charge >= 0.3 is 14.9 Å². The van der Waals surface area contributed by atoms with Crippen molar-refractivity contribution in [3.63, 3.8) is 0 Å². The molecule has 19 heavy (non-hydrogen) atoms. The summed E-state index contributed by atoms with van der Waals surface area (Å²) in [6, 6.07) is 1.00. The topological polar surface area (TPSA) is 69.7 Å². The van der Waals surface area contributed by atoms with Crippen LogP contribution in [0, 0.1) is 5.82 Å². The Bertz CT molecular complexity index is 571. The van der Waals surface area contributed by atoms with Gasteiger partial charge in [0.15, 0.2) is 0 Å². The van der Waals surface area contributed by atoms with Crippen LogP contribution < -0.4 is 0 Å². The third kappa shape index (κ3) is 4.20. The van der Waals surface area contributed by atoms with E-state index >= 15 is 0 Å². The number of benzene rings is 1. The van der Waals surface area contributed by atoms with Crippen LogP contribution in [0.2, 0.25) is 0 Å². The van der Waals surface area contributed by atoms with E-state index in [9.17, 15) is 30.5 Å². The molecule has 0 saturated heterocycles. The molecule has 106 valence electrons. The summed E-state index contributed by atoms with van der Waals surface area (Å²) in [5.41, 5.74) is -1.70. The molecule has 0 aliphatic heterocycles. The van der Waals surface area contributed by atoms with Crippen molar-refractivity contribution in [2.75, 3.05) is 6.79 Å². The van der Waals surface area contributed by atoms with Crippen LogP contribution in [-0.4, -0.2) is 15.2 Å². The van der Waals surface area contributed by atoms with Crippen molar-refractivity contribution < 1.29 is 39.3 Å². The molecule has 0 aromatic heterocycles. The highest BCUT2D eigenvalue weighted by Crippen LogP contribution is 2.35. The van der Waals surface area contributed by atoms with Crippen molar-refractivity contribution in [1.29, 1.82) is 0 Å². The normalized spacial score (nSPS) is 12.8. The van der Waals surface area contributed by atoms with Crippen molar-refractivity contribution in [3.8, 4) is 0 Å². The monoisotopic (exact) mass is 321 g/mol. The molecule has 0 radical (unpaired) electrons. The van der Waals surface area contributed by atoms with Gasteiger partial charge in [-0.25, -0.2) is 8.57 Å². The predicted octanol–water partition coefficient (Wildman–Crippen LogP) is 2.46. The van der Waals surface area contributed by atoms with Crippen LogP contribution >= 0.6 is 8.69 Å². The number of hydrogen-bond donors (Lipinski definition) is 0. The molecule has 0 N–H and O–H groups in total. The van der Waals surface area contributed by atoms with E-state index in [0.29, 0.717) is 12.1 Å². The fraction of sp³-hybridized carbons (Fsp3) is 0.250. The van der Waals surface area contributed by atoms with E-state index in [1.54, 1.807) is 0 Å². The van der Waals surface area contributed by atoms with Gasteiger partial charge in [-0.05, 0) is 22.8 Å². The lowest BCUT2D eigenvalue weighted by molar-refractivity contribution is -0.140. The highest BCUT2D eigenvalue weighted by atomic mass is 32.2. The summed E-state index contributed by atoms with van der Waals surface area (Å²) in [4.78, 5) is -1.25. The summed E-state index contributed by atoms with van der Waals surface area (Å²) in [5, 5.41) is 0. The molecular weight excluding hydrogens is 315 g/mol. The van der Waals surface area contributed by atoms with Gasteiger partial charge in [0, 0.05) is 0 Å². The molecule has 1 atom stereocenters. The summed E-state index contributed by atoms with van der Waals surface area (Å²) in [7, 11) is -6.15. The third-order valence-corrected chi connectivity index (χ3v) is 3.37. The molecule has 0 fully saturated rings. The Kier molecular flexibility index (Phi) is 4.97. The molecule has 0 heterocycles. The van der Waals surface area contributed by atoms with Gasteiger partial charge in [-0.3, -0.25) is 0 Å². The van der Waals surface area contributed by atoms with Gasteiger partial charge in [-0.15, -0.1) is 4.52 Å². The van der Waals surface area contributed by atoms with Crippen molar-refractivity contribution >= 4 is 18.8 Å². The Morgan fingerprint density at radius 3 is 2.42 bits per heavy atom. The molecule has 0 bridgehead atoms. The molecule has 5 nitrogen and oxygen atoms in total. The molecule has 1 aromatic rings. The number of alkyl halides is 3. The average Bonchev–Trinajstić information content (AvgIpc) is 2.27. The highest BCUT2D eigenvalue weighted by Gasteiger charge is 2.38. The third-order valence-electron chi connectivity index (χ3n) is 1.84. The van der Waals surface area contributed by atoms with Gasteiger partial charge in [0.2, 0.25) is 6.79 Å². The minimum absolute atomic E-state index is 0.0342. The zero-order chi connectivity index (χ0) is 14.7.